The van der Waals surface area contributed by atoms with Gasteiger partial charge in [0.05, 0.1) is 0 Å². The van der Waals surface area contributed by atoms with Gasteiger partial charge in [-0.15, -0.1) is 0 Å². The second-order valence-corrected chi connectivity index (χ2v) is 5.21. The van der Waals surface area contributed by atoms with Crippen LogP contribution in [0.15, 0.2) is 48.7 Å². The molecular weight excluding hydrogens is 218 g/mol. The van der Waals surface area contributed by atoms with E-state index in [2.05, 4.69) is 46.1 Å². The lowest BCUT2D eigenvalue weighted by Crippen LogP contribution is -1.98. The SMILES string of the molecule is C=C/C(=C\C=C/CC(C)CCC(C)CC)C(=C)N. The summed E-state index contributed by atoms with van der Waals surface area (Å²) < 4.78 is 0. The molecule has 0 saturated carbocycles. The van der Waals surface area contributed by atoms with Gasteiger partial charge in [-0.3, -0.25) is 0 Å². The number of hydrogen-bond acceptors (Lipinski definition) is 1. The monoisotopic (exact) mass is 247 g/mol. The Morgan fingerprint density at radius 3 is 2.33 bits per heavy atom. The molecule has 0 heterocycles. The van der Waals surface area contributed by atoms with E-state index in [4.69, 9.17) is 5.73 Å². The second-order valence-electron chi connectivity index (χ2n) is 5.21. The number of hydrogen-bond donors (Lipinski definition) is 1. The molecule has 0 saturated heterocycles. The Kier molecular flexibility index (Phi) is 9.08. The summed E-state index contributed by atoms with van der Waals surface area (Å²) in [5, 5.41) is 0. The molecule has 2 N–H and O–H groups in total. The Morgan fingerprint density at radius 1 is 1.22 bits per heavy atom. The van der Waals surface area contributed by atoms with Gasteiger partial charge in [0.15, 0.2) is 0 Å². The summed E-state index contributed by atoms with van der Waals surface area (Å²) in [6.07, 6.45) is 13.0. The predicted octanol–water partition coefficient (Wildman–Crippen LogP) is 4.98. The minimum atomic E-state index is 0.569. The van der Waals surface area contributed by atoms with Crippen molar-refractivity contribution in [2.45, 2.75) is 46.5 Å². The van der Waals surface area contributed by atoms with Gasteiger partial charge in [0.2, 0.25) is 0 Å². The molecule has 0 aliphatic carbocycles. The van der Waals surface area contributed by atoms with Crippen molar-refractivity contribution in [2.24, 2.45) is 17.6 Å². The standard InChI is InChI=1S/C17H29N/c1-6-14(3)12-13-15(4)10-8-9-11-17(7-2)16(5)18/h7-9,11,14-15H,2,5-6,10,12-13,18H2,1,3-4H3/b9-8-,17-11+. The van der Waals surface area contributed by atoms with Crippen LogP contribution in [-0.4, -0.2) is 0 Å². The molecule has 0 rings (SSSR count). The van der Waals surface area contributed by atoms with Gasteiger partial charge in [-0.2, -0.15) is 0 Å². The smallest absolute Gasteiger partial charge is 0.0314 e. The third kappa shape index (κ3) is 7.94. The van der Waals surface area contributed by atoms with Crippen LogP contribution in [0.3, 0.4) is 0 Å². The van der Waals surface area contributed by atoms with Crippen molar-refractivity contribution in [3.63, 3.8) is 0 Å². The van der Waals surface area contributed by atoms with E-state index in [1.165, 1.54) is 19.3 Å². The third-order valence-electron chi connectivity index (χ3n) is 3.39. The van der Waals surface area contributed by atoms with Crippen LogP contribution in [-0.2, 0) is 0 Å². The van der Waals surface area contributed by atoms with Gasteiger partial charge >= 0.3 is 0 Å². The molecule has 2 unspecified atom stereocenters. The van der Waals surface area contributed by atoms with Crippen LogP contribution in [0, 0.1) is 11.8 Å². The molecular formula is C17H29N. The van der Waals surface area contributed by atoms with Crippen LogP contribution >= 0.6 is 0 Å². The van der Waals surface area contributed by atoms with Crippen molar-refractivity contribution >= 4 is 0 Å². The first-order valence-corrected chi connectivity index (χ1v) is 6.95. The Bertz CT molecular complexity index is 310. The Labute approximate surface area is 113 Å². The van der Waals surface area contributed by atoms with Crippen LogP contribution in [0.1, 0.15) is 46.5 Å². The lowest BCUT2D eigenvalue weighted by atomic mass is 9.94. The molecule has 0 bridgehead atoms. The van der Waals surface area contributed by atoms with Gasteiger partial charge in [0, 0.05) is 5.70 Å². The molecule has 0 amide bonds. The molecule has 0 spiro atoms. The number of rotatable bonds is 9. The molecule has 102 valence electrons. The summed E-state index contributed by atoms with van der Waals surface area (Å²) in [5.41, 5.74) is 7.09. The van der Waals surface area contributed by atoms with Crippen molar-refractivity contribution in [1.82, 2.24) is 0 Å². The van der Waals surface area contributed by atoms with E-state index < -0.39 is 0 Å². The molecule has 0 fully saturated rings. The maximum Gasteiger partial charge on any atom is 0.0314 e. The molecule has 2 atom stereocenters. The van der Waals surface area contributed by atoms with E-state index in [1.807, 2.05) is 6.08 Å². The topological polar surface area (TPSA) is 26.0 Å². The van der Waals surface area contributed by atoms with Crippen molar-refractivity contribution in [2.75, 3.05) is 0 Å². The lowest BCUT2D eigenvalue weighted by Gasteiger charge is -2.12. The first-order valence-electron chi connectivity index (χ1n) is 6.95. The highest BCUT2D eigenvalue weighted by molar-refractivity contribution is 5.37. The van der Waals surface area contributed by atoms with Crippen LogP contribution in [0.4, 0.5) is 0 Å². The summed E-state index contributed by atoms with van der Waals surface area (Å²) in [6, 6.07) is 0. The van der Waals surface area contributed by atoms with E-state index in [-0.39, 0.29) is 0 Å². The second kappa shape index (κ2) is 9.76. The highest BCUT2D eigenvalue weighted by Gasteiger charge is 2.03. The quantitative estimate of drug-likeness (QED) is 0.571. The van der Waals surface area contributed by atoms with Crippen molar-refractivity contribution in [3.8, 4) is 0 Å². The summed E-state index contributed by atoms with van der Waals surface area (Å²) in [7, 11) is 0. The first-order chi connectivity index (χ1) is 8.51. The van der Waals surface area contributed by atoms with Gasteiger partial charge in [-0.1, -0.05) is 77.5 Å². The fourth-order valence-electron chi connectivity index (χ4n) is 1.68. The summed E-state index contributed by atoms with van der Waals surface area (Å²) in [5.74, 6) is 1.60. The van der Waals surface area contributed by atoms with Crippen molar-refractivity contribution in [3.05, 3.63) is 48.7 Å². The van der Waals surface area contributed by atoms with Gasteiger partial charge in [-0.05, 0) is 23.8 Å². The average molecular weight is 247 g/mol. The summed E-state index contributed by atoms with van der Waals surface area (Å²) >= 11 is 0. The van der Waals surface area contributed by atoms with Crippen LogP contribution in [0.2, 0.25) is 0 Å². The molecule has 0 aliphatic heterocycles. The van der Waals surface area contributed by atoms with Gasteiger partial charge < -0.3 is 5.73 Å². The number of nitrogens with two attached hydrogens (primary N) is 1. The Balaban J connectivity index is 4.01. The van der Waals surface area contributed by atoms with Crippen molar-refractivity contribution in [1.29, 1.82) is 0 Å². The normalized spacial score (nSPS) is 15.6. The van der Waals surface area contributed by atoms with E-state index >= 15 is 0 Å². The van der Waals surface area contributed by atoms with Crippen LogP contribution in [0.5, 0.6) is 0 Å². The van der Waals surface area contributed by atoms with Crippen LogP contribution < -0.4 is 5.73 Å². The summed E-state index contributed by atoms with van der Waals surface area (Å²) in [6.45, 7) is 14.3. The Hall–Kier alpha value is -1.24. The molecule has 0 aromatic carbocycles. The average Bonchev–Trinajstić information content (AvgIpc) is 2.35. The largest absolute Gasteiger partial charge is 0.399 e. The van der Waals surface area contributed by atoms with Crippen LogP contribution in [0.25, 0.3) is 0 Å². The molecule has 0 aromatic rings. The minimum Gasteiger partial charge on any atom is -0.399 e. The fraction of sp³-hybridized carbons (Fsp3) is 0.529. The fourth-order valence-corrected chi connectivity index (χ4v) is 1.68. The highest BCUT2D eigenvalue weighted by Crippen LogP contribution is 2.17. The predicted molar refractivity (Wildman–Crippen MR) is 83.2 cm³/mol. The van der Waals surface area contributed by atoms with Gasteiger partial charge in [-0.25, -0.2) is 0 Å². The van der Waals surface area contributed by atoms with Crippen molar-refractivity contribution < 1.29 is 0 Å². The maximum atomic E-state index is 5.62. The minimum absolute atomic E-state index is 0.569. The lowest BCUT2D eigenvalue weighted by molar-refractivity contribution is 0.425. The zero-order valence-electron chi connectivity index (χ0n) is 12.3. The third-order valence-corrected chi connectivity index (χ3v) is 3.39. The van der Waals surface area contributed by atoms with E-state index in [0.29, 0.717) is 5.70 Å². The first kappa shape index (κ1) is 16.8. The Morgan fingerprint density at radius 2 is 1.83 bits per heavy atom. The number of allylic oxidation sites excluding steroid dienone is 4. The maximum absolute atomic E-state index is 5.62. The molecule has 0 radical (unpaired) electrons. The van der Waals surface area contributed by atoms with E-state index in [9.17, 15) is 0 Å². The van der Waals surface area contributed by atoms with Gasteiger partial charge in [0.1, 0.15) is 0 Å². The molecule has 1 nitrogen and oxygen atoms in total. The zero-order valence-corrected chi connectivity index (χ0v) is 12.3. The van der Waals surface area contributed by atoms with Gasteiger partial charge in [0.25, 0.3) is 0 Å². The molecule has 0 aliphatic rings. The van der Waals surface area contributed by atoms with E-state index in [0.717, 1.165) is 23.8 Å². The molecule has 18 heavy (non-hydrogen) atoms. The molecule has 0 aromatic heterocycles. The zero-order chi connectivity index (χ0) is 14.0. The molecule has 1 heteroatoms. The van der Waals surface area contributed by atoms with E-state index in [1.54, 1.807) is 6.08 Å². The highest BCUT2D eigenvalue weighted by atomic mass is 14.6. The summed E-state index contributed by atoms with van der Waals surface area (Å²) in [4.78, 5) is 0.